The van der Waals surface area contributed by atoms with E-state index in [0.29, 0.717) is 5.02 Å². The molecule has 0 radical (unpaired) electrons. The van der Waals surface area contributed by atoms with E-state index in [9.17, 15) is 0 Å². The third kappa shape index (κ3) is 2.92. The molecule has 0 aliphatic rings. The highest BCUT2D eigenvalue weighted by Crippen LogP contribution is 2.19. The van der Waals surface area contributed by atoms with Gasteiger partial charge in [0.05, 0.1) is 16.9 Å². The van der Waals surface area contributed by atoms with E-state index in [1.165, 1.54) is 11.1 Å². The first-order valence-electron chi connectivity index (χ1n) is 6.15. The molecule has 2 rings (SSSR count). The molecule has 1 aromatic heterocycles. The van der Waals surface area contributed by atoms with Crippen LogP contribution in [0, 0.1) is 6.92 Å². The van der Waals surface area contributed by atoms with Crippen LogP contribution in [0.1, 0.15) is 24.5 Å². The summed E-state index contributed by atoms with van der Waals surface area (Å²) in [6.45, 7) is 4.19. The summed E-state index contributed by atoms with van der Waals surface area (Å²) in [4.78, 5) is 0. The molecule has 2 aromatic rings. The molecular formula is C14H18ClN3. The molecule has 18 heavy (non-hydrogen) atoms. The summed E-state index contributed by atoms with van der Waals surface area (Å²) < 4.78 is 1.81. The van der Waals surface area contributed by atoms with Crippen molar-refractivity contribution in [1.29, 1.82) is 0 Å². The lowest BCUT2D eigenvalue weighted by Crippen LogP contribution is -2.22. The van der Waals surface area contributed by atoms with Gasteiger partial charge >= 0.3 is 0 Å². The zero-order valence-corrected chi connectivity index (χ0v) is 11.5. The summed E-state index contributed by atoms with van der Waals surface area (Å²) in [5.74, 6) is 0. The van der Waals surface area contributed by atoms with E-state index < -0.39 is 0 Å². The molecule has 2 N–H and O–H groups in total. The Morgan fingerprint density at radius 1 is 1.44 bits per heavy atom. The second kappa shape index (κ2) is 5.55. The van der Waals surface area contributed by atoms with Crippen molar-refractivity contribution in [2.45, 2.75) is 32.7 Å². The SMILES string of the molecule is CCC(N)Cc1cc(C)ccc1-n1cc(Cl)cn1. The number of rotatable bonds is 4. The Bertz CT molecular complexity index is 534. The monoisotopic (exact) mass is 263 g/mol. The van der Waals surface area contributed by atoms with E-state index in [2.05, 4.69) is 37.1 Å². The molecule has 0 bridgehead atoms. The second-order valence-electron chi connectivity index (χ2n) is 4.61. The topological polar surface area (TPSA) is 43.8 Å². The highest BCUT2D eigenvalue weighted by molar-refractivity contribution is 6.30. The van der Waals surface area contributed by atoms with Crippen LogP contribution in [0.5, 0.6) is 0 Å². The highest BCUT2D eigenvalue weighted by Gasteiger charge is 2.09. The molecule has 3 nitrogen and oxygen atoms in total. The number of aryl methyl sites for hydroxylation is 1. The zero-order chi connectivity index (χ0) is 13.1. The molecule has 0 spiro atoms. The van der Waals surface area contributed by atoms with Gasteiger partial charge in [-0.1, -0.05) is 36.2 Å². The van der Waals surface area contributed by atoms with E-state index in [1.807, 2.05) is 6.20 Å². The van der Waals surface area contributed by atoms with Gasteiger partial charge in [0.15, 0.2) is 0 Å². The minimum atomic E-state index is 0.177. The van der Waals surface area contributed by atoms with Gasteiger partial charge in [-0.2, -0.15) is 5.10 Å². The van der Waals surface area contributed by atoms with Gasteiger partial charge in [0.25, 0.3) is 0 Å². The van der Waals surface area contributed by atoms with Crippen molar-refractivity contribution >= 4 is 11.6 Å². The van der Waals surface area contributed by atoms with Gasteiger partial charge < -0.3 is 5.73 Å². The fraction of sp³-hybridized carbons (Fsp3) is 0.357. The molecular weight excluding hydrogens is 246 g/mol. The second-order valence-corrected chi connectivity index (χ2v) is 5.04. The summed E-state index contributed by atoms with van der Waals surface area (Å²) in [5, 5.41) is 4.89. The van der Waals surface area contributed by atoms with Crippen LogP contribution in [0.4, 0.5) is 0 Å². The lowest BCUT2D eigenvalue weighted by molar-refractivity contribution is 0.642. The molecule has 1 aromatic carbocycles. The summed E-state index contributed by atoms with van der Waals surface area (Å²) >= 11 is 5.92. The molecule has 96 valence electrons. The van der Waals surface area contributed by atoms with Crippen molar-refractivity contribution in [1.82, 2.24) is 9.78 Å². The minimum absolute atomic E-state index is 0.177. The Balaban J connectivity index is 2.40. The summed E-state index contributed by atoms with van der Waals surface area (Å²) in [7, 11) is 0. The number of nitrogens with zero attached hydrogens (tertiary/aromatic N) is 2. The Labute approximate surface area is 113 Å². The quantitative estimate of drug-likeness (QED) is 0.921. The lowest BCUT2D eigenvalue weighted by atomic mass is 10.0. The fourth-order valence-corrected chi connectivity index (χ4v) is 2.10. The number of benzene rings is 1. The third-order valence-corrected chi connectivity index (χ3v) is 3.23. The predicted molar refractivity (Wildman–Crippen MR) is 75.3 cm³/mol. The van der Waals surface area contributed by atoms with Gasteiger partial charge in [-0.3, -0.25) is 0 Å². The Hall–Kier alpha value is -1.32. The summed E-state index contributed by atoms with van der Waals surface area (Å²) in [5.41, 5.74) is 9.55. The van der Waals surface area contributed by atoms with Crippen LogP contribution in [-0.2, 0) is 6.42 Å². The van der Waals surface area contributed by atoms with Crippen LogP contribution in [0.15, 0.2) is 30.6 Å². The van der Waals surface area contributed by atoms with Crippen molar-refractivity contribution in [3.8, 4) is 5.69 Å². The van der Waals surface area contributed by atoms with Crippen LogP contribution in [-0.4, -0.2) is 15.8 Å². The standard InChI is InChI=1S/C14H18ClN3/c1-3-13(16)7-11-6-10(2)4-5-14(11)18-9-12(15)8-17-18/h4-6,8-9,13H,3,7,16H2,1-2H3. The van der Waals surface area contributed by atoms with Gasteiger partial charge in [0.2, 0.25) is 0 Å². The first kappa shape index (κ1) is 13.1. The molecule has 0 aliphatic carbocycles. The normalized spacial score (nSPS) is 12.7. The minimum Gasteiger partial charge on any atom is -0.327 e. The maximum absolute atomic E-state index is 6.05. The van der Waals surface area contributed by atoms with Crippen LogP contribution < -0.4 is 5.73 Å². The van der Waals surface area contributed by atoms with Crippen LogP contribution in [0.3, 0.4) is 0 Å². The van der Waals surface area contributed by atoms with E-state index in [1.54, 1.807) is 10.9 Å². The lowest BCUT2D eigenvalue weighted by Gasteiger charge is -2.14. The average molecular weight is 264 g/mol. The maximum atomic E-state index is 6.05. The molecule has 0 amide bonds. The van der Waals surface area contributed by atoms with Gasteiger partial charge in [-0.25, -0.2) is 4.68 Å². The summed E-state index contributed by atoms with van der Waals surface area (Å²) in [6.07, 6.45) is 5.27. The average Bonchev–Trinajstić information content (AvgIpc) is 2.75. The Morgan fingerprint density at radius 2 is 2.22 bits per heavy atom. The molecule has 0 saturated carbocycles. The van der Waals surface area contributed by atoms with Gasteiger partial charge in [0.1, 0.15) is 0 Å². The fourth-order valence-electron chi connectivity index (χ4n) is 1.96. The van der Waals surface area contributed by atoms with Crippen LogP contribution >= 0.6 is 11.6 Å². The molecule has 0 saturated heterocycles. The van der Waals surface area contributed by atoms with Crippen molar-refractivity contribution in [2.24, 2.45) is 5.73 Å². The predicted octanol–water partition coefficient (Wildman–Crippen LogP) is 3.11. The van der Waals surface area contributed by atoms with E-state index in [0.717, 1.165) is 18.5 Å². The van der Waals surface area contributed by atoms with Crippen LogP contribution in [0.25, 0.3) is 5.69 Å². The first-order chi connectivity index (χ1) is 8.60. The van der Waals surface area contributed by atoms with Gasteiger partial charge in [0, 0.05) is 12.2 Å². The van der Waals surface area contributed by atoms with Crippen LogP contribution in [0.2, 0.25) is 5.02 Å². The summed E-state index contributed by atoms with van der Waals surface area (Å²) in [6, 6.07) is 6.49. The maximum Gasteiger partial charge on any atom is 0.0790 e. The number of halogens is 1. The van der Waals surface area contributed by atoms with Gasteiger partial charge in [-0.15, -0.1) is 0 Å². The molecule has 0 fully saturated rings. The molecule has 1 heterocycles. The molecule has 1 unspecified atom stereocenters. The van der Waals surface area contributed by atoms with Crippen molar-refractivity contribution in [3.05, 3.63) is 46.7 Å². The Kier molecular flexibility index (Phi) is 4.04. The van der Waals surface area contributed by atoms with E-state index >= 15 is 0 Å². The number of nitrogens with two attached hydrogens (primary N) is 1. The largest absolute Gasteiger partial charge is 0.327 e. The first-order valence-corrected chi connectivity index (χ1v) is 6.53. The van der Waals surface area contributed by atoms with Crippen molar-refractivity contribution in [3.63, 3.8) is 0 Å². The number of aromatic nitrogens is 2. The highest BCUT2D eigenvalue weighted by atomic mass is 35.5. The van der Waals surface area contributed by atoms with Crippen molar-refractivity contribution < 1.29 is 0 Å². The van der Waals surface area contributed by atoms with E-state index in [4.69, 9.17) is 17.3 Å². The molecule has 1 atom stereocenters. The smallest absolute Gasteiger partial charge is 0.0790 e. The van der Waals surface area contributed by atoms with Crippen molar-refractivity contribution in [2.75, 3.05) is 0 Å². The number of hydrogen-bond donors (Lipinski definition) is 1. The molecule has 0 aliphatic heterocycles. The molecule has 4 heteroatoms. The third-order valence-electron chi connectivity index (χ3n) is 3.04. The van der Waals surface area contributed by atoms with E-state index in [-0.39, 0.29) is 6.04 Å². The number of hydrogen-bond acceptors (Lipinski definition) is 2. The van der Waals surface area contributed by atoms with Gasteiger partial charge in [-0.05, 0) is 31.4 Å². The zero-order valence-electron chi connectivity index (χ0n) is 10.7. The Morgan fingerprint density at radius 3 is 2.83 bits per heavy atom.